The first kappa shape index (κ1) is 23.0. The number of benzene rings is 2. The molecular weight excluding hydrogens is 452 g/mol. The molecule has 2 amide bonds. The number of nitrogens with zero attached hydrogens (tertiary/aromatic N) is 2. The third-order valence-electron chi connectivity index (χ3n) is 6.44. The van der Waals surface area contributed by atoms with Gasteiger partial charge in [0.2, 0.25) is 11.8 Å². The Hall–Kier alpha value is -2.15. The molecule has 0 bridgehead atoms. The molecule has 2 aromatic carbocycles. The monoisotopic (exact) mass is 477 g/mol. The van der Waals surface area contributed by atoms with Gasteiger partial charge in [-0.05, 0) is 55.3 Å². The average molecular weight is 478 g/mol. The van der Waals surface area contributed by atoms with Crippen LogP contribution in [0.2, 0.25) is 10.0 Å². The van der Waals surface area contributed by atoms with E-state index in [-0.39, 0.29) is 24.1 Å². The van der Waals surface area contributed by atoms with E-state index in [2.05, 4.69) is 10.2 Å². The van der Waals surface area contributed by atoms with Crippen molar-refractivity contribution in [2.75, 3.05) is 33.2 Å². The molecule has 170 valence electrons. The van der Waals surface area contributed by atoms with Gasteiger partial charge in [-0.2, -0.15) is 0 Å². The van der Waals surface area contributed by atoms with Crippen LogP contribution in [-0.4, -0.2) is 60.9 Å². The van der Waals surface area contributed by atoms with Gasteiger partial charge in [0, 0.05) is 42.6 Å². The molecule has 1 aliphatic carbocycles. The first-order valence-corrected chi connectivity index (χ1v) is 11.5. The van der Waals surface area contributed by atoms with Crippen LogP contribution in [0.5, 0.6) is 0 Å². The third-order valence-corrected chi connectivity index (χ3v) is 7.03. The van der Waals surface area contributed by atoms with Crippen molar-refractivity contribution in [2.45, 2.75) is 30.7 Å². The van der Waals surface area contributed by atoms with E-state index < -0.39 is 11.5 Å². The number of nitrogens with one attached hydrogen (secondary N) is 1. The Balaban J connectivity index is 1.56. The maximum absolute atomic E-state index is 13.4. The van der Waals surface area contributed by atoms with Crippen LogP contribution in [0.4, 0.5) is 4.39 Å². The summed E-state index contributed by atoms with van der Waals surface area (Å²) in [7, 11) is 2.02. The first-order valence-electron chi connectivity index (χ1n) is 10.8. The molecule has 1 N–H and O–H groups in total. The second-order valence-electron chi connectivity index (χ2n) is 8.68. The number of carbonyl (C=O) groups is 2. The Morgan fingerprint density at radius 1 is 1.06 bits per heavy atom. The molecule has 2 aromatic rings. The fourth-order valence-corrected chi connectivity index (χ4v) is 4.68. The zero-order chi connectivity index (χ0) is 22.9. The van der Waals surface area contributed by atoms with Crippen molar-refractivity contribution in [1.82, 2.24) is 15.1 Å². The summed E-state index contributed by atoms with van der Waals surface area (Å²) < 4.78 is 13.4. The molecule has 0 unspecified atom stereocenters. The lowest BCUT2D eigenvalue weighted by atomic mass is 9.94. The highest BCUT2D eigenvalue weighted by molar-refractivity contribution is 6.35. The van der Waals surface area contributed by atoms with E-state index >= 15 is 0 Å². The highest BCUT2D eigenvalue weighted by Crippen LogP contribution is 2.48. The molecule has 1 heterocycles. The van der Waals surface area contributed by atoms with Crippen LogP contribution >= 0.6 is 23.2 Å². The third kappa shape index (κ3) is 4.92. The molecule has 0 spiro atoms. The number of hydrogen-bond acceptors (Lipinski definition) is 3. The number of rotatable bonds is 6. The summed E-state index contributed by atoms with van der Waals surface area (Å²) in [6, 6.07) is 10.4. The van der Waals surface area contributed by atoms with Gasteiger partial charge in [-0.1, -0.05) is 41.4 Å². The molecule has 5 nitrogen and oxygen atoms in total. The van der Waals surface area contributed by atoms with Crippen LogP contribution in [0.25, 0.3) is 0 Å². The minimum Gasteiger partial charge on any atom is -0.343 e. The summed E-state index contributed by atoms with van der Waals surface area (Å²) in [5, 5.41) is 3.98. The average Bonchev–Trinajstić information content (AvgIpc) is 3.57. The zero-order valence-electron chi connectivity index (χ0n) is 17.9. The Bertz CT molecular complexity index is 1000. The van der Waals surface area contributed by atoms with Gasteiger partial charge in [0.25, 0.3) is 0 Å². The largest absolute Gasteiger partial charge is 0.343 e. The van der Waals surface area contributed by atoms with E-state index in [1.807, 2.05) is 7.05 Å². The van der Waals surface area contributed by atoms with Gasteiger partial charge < -0.3 is 15.1 Å². The van der Waals surface area contributed by atoms with Crippen LogP contribution in [0.3, 0.4) is 0 Å². The number of carbonyl (C=O) groups excluding carboxylic acids is 2. The van der Waals surface area contributed by atoms with E-state index in [4.69, 9.17) is 23.2 Å². The van der Waals surface area contributed by atoms with Crippen LogP contribution < -0.4 is 5.32 Å². The highest BCUT2D eigenvalue weighted by Gasteiger charge is 2.52. The molecule has 2 fully saturated rings. The molecule has 8 heteroatoms. The molecule has 1 aliphatic heterocycles. The normalized spacial score (nSPS) is 18.8. The van der Waals surface area contributed by atoms with Gasteiger partial charge in [-0.15, -0.1) is 0 Å². The van der Waals surface area contributed by atoms with Crippen molar-refractivity contribution in [3.8, 4) is 0 Å². The van der Waals surface area contributed by atoms with Crippen LogP contribution in [0.1, 0.15) is 24.0 Å². The van der Waals surface area contributed by atoms with Crippen molar-refractivity contribution in [3.05, 3.63) is 69.5 Å². The SMILES string of the molecule is CN1CCN(C(=O)[C@H](Cc2ccc(Cl)cc2Cl)NC(=O)C2(c3ccc(F)cc3)CC2)CC1. The Labute approximate surface area is 197 Å². The summed E-state index contributed by atoms with van der Waals surface area (Å²) in [5.74, 6) is -0.667. The highest BCUT2D eigenvalue weighted by atomic mass is 35.5. The lowest BCUT2D eigenvalue weighted by Crippen LogP contribution is -2.56. The topological polar surface area (TPSA) is 52.6 Å². The zero-order valence-corrected chi connectivity index (χ0v) is 19.4. The smallest absolute Gasteiger partial charge is 0.245 e. The second-order valence-corrected chi connectivity index (χ2v) is 9.53. The van der Waals surface area contributed by atoms with E-state index in [0.717, 1.165) is 24.2 Å². The van der Waals surface area contributed by atoms with E-state index in [0.29, 0.717) is 36.0 Å². The Morgan fingerprint density at radius 2 is 1.72 bits per heavy atom. The Morgan fingerprint density at radius 3 is 2.31 bits per heavy atom. The summed E-state index contributed by atoms with van der Waals surface area (Å²) in [6.07, 6.45) is 1.61. The van der Waals surface area contributed by atoms with Gasteiger partial charge in [0.15, 0.2) is 0 Å². The fraction of sp³-hybridized carbons (Fsp3) is 0.417. The molecule has 32 heavy (non-hydrogen) atoms. The second kappa shape index (κ2) is 9.38. The number of hydrogen-bond donors (Lipinski definition) is 1. The van der Waals surface area contributed by atoms with Crippen molar-refractivity contribution in [3.63, 3.8) is 0 Å². The minimum atomic E-state index is -0.748. The van der Waals surface area contributed by atoms with E-state index in [1.54, 1.807) is 35.2 Å². The lowest BCUT2D eigenvalue weighted by molar-refractivity contribution is -0.138. The van der Waals surface area contributed by atoms with Crippen LogP contribution in [0.15, 0.2) is 42.5 Å². The molecule has 1 atom stereocenters. The summed E-state index contributed by atoms with van der Waals surface area (Å²) in [5.41, 5.74) is 0.806. The van der Waals surface area contributed by atoms with Crippen LogP contribution in [-0.2, 0) is 21.4 Å². The number of amides is 2. The van der Waals surface area contributed by atoms with Gasteiger partial charge in [0.05, 0.1) is 5.41 Å². The predicted molar refractivity (Wildman–Crippen MR) is 123 cm³/mol. The molecule has 2 aliphatic rings. The minimum absolute atomic E-state index is 0.118. The molecule has 1 saturated heterocycles. The summed E-state index contributed by atoms with van der Waals surface area (Å²) >= 11 is 12.4. The number of likely N-dealkylation sites (N-methyl/N-ethyl adjacent to an activating group) is 1. The van der Waals surface area contributed by atoms with Gasteiger partial charge in [-0.3, -0.25) is 9.59 Å². The molecule has 0 aromatic heterocycles. The van der Waals surface area contributed by atoms with Crippen molar-refractivity contribution in [2.24, 2.45) is 0 Å². The van der Waals surface area contributed by atoms with Gasteiger partial charge in [0.1, 0.15) is 11.9 Å². The predicted octanol–water partition coefficient (Wildman–Crippen LogP) is 3.67. The lowest BCUT2D eigenvalue weighted by Gasteiger charge is -2.35. The van der Waals surface area contributed by atoms with Crippen molar-refractivity contribution >= 4 is 35.0 Å². The summed E-state index contributed by atoms with van der Waals surface area (Å²) in [4.78, 5) is 30.7. The quantitative estimate of drug-likeness (QED) is 0.690. The Kier molecular flexibility index (Phi) is 6.75. The molecule has 1 saturated carbocycles. The maximum atomic E-state index is 13.4. The van der Waals surface area contributed by atoms with E-state index in [9.17, 15) is 14.0 Å². The maximum Gasteiger partial charge on any atom is 0.245 e. The van der Waals surface area contributed by atoms with Crippen molar-refractivity contribution in [1.29, 1.82) is 0 Å². The standard InChI is InChI=1S/C24H26Cl2FN3O2/c1-29-10-12-30(13-11-29)22(31)21(14-16-2-5-18(25)15-20(16)26)28-23(32)24(8-9-24)17-3-6-19(27)7-4-17/h2-7,15,21H,8-14H2,1H3,(H,28,32)/t21-/m0/s1. The van der Waals surface area contributed by atoms with E-state index in [1.165, 1.54) is 12.1 Å². The fourth-order valence-electron chi connectivity index (χ4n) is 4.19. The molecular formula is C24H26Cl2FN3O2. The van der Waals surface area contributed by atoms with Crippen molar-refractivity contribution < 1.29 is 14.0 Å². The number of halogens is 3. The van der Waals surface area contributed by atoms with Gasteiger partial charge in [-0.25, -0.2) is 4.39 Å². The molecule has 0 radical (unpaired) electrons. The van der Waals surface area contributed by atoms with Gasteiger partial charge >= 0.3 is 0 Å². The molecule has 4 rings (SSSR count). The van der Waals surface area contributed by atoms with Crippen LogP contribution in [0, 0.1) is 5.82 Å². The number of piperazine rings is 1. The first-order chi connectivity index (χ1) is 15.3. The summed E-state index contributed by atoms with van der Waals surface area (Å²) in [6.45, 7) is 2.79.